The lowest BCUT2D eigenvalue weighted by Crippen LogP contribution is -1.91. The minimum absolute atomic E-state index is 0.793. The van der Waals surface area contributed by atoms with Crippen LogP contribution in [0.1, 0.15) is 10.4 Å². The van der Waals surface area contributed by atoms with Crippen LogP contribution in [0.5, 0.6) is 0 Å². The van der Waals surface area contributed by atoms with Crippen molar-refractivity contribution in [2.45, 2.75) is 10.9 Å². The van der Waals surface area contributed by atoms with E-state index < -0.39 is 0 Å². The topological polar surface area (TPSA) is 43.1 Å². The number of thiophene rings is 1. The molecule has 3 aromatic rings. The molecule has 0 N–H and O–H groups in total. The van der Waals surface area contributed by atoms with Gasteiger partial charge in [-0.25, -0.2) is 0 Å². The molecule has 3 rings (SSSR count). The Morgan fingerprint density at radius 1 is 1.20 bits per heavy atom. The smallest absolute Gasteiger partial charge is 0.195 e. The van der Waals surface area contributed by atoms with Crippen LogP contribution in [0.2, 0.25) is 0 Å². The van der Waals surface area contributed by atoms with Crippen LogP contribution in [0, 0.1) is 0 Å². The van der Waals surface area contributed by atoms with Crippen molar-refractivity contribution >= 4 is 29.3 Å². The van der Waals surface area contributed by atoms with Crippen molar-refractivity contribution in [3.8, 4) is 0 Å². The molecular weight excluding hydrogens is 288 g/mol. The van der Waals surface area contributed by atoms with Gasteiger partial charge in [0.25, 0.3) is 0 Å². The summed E-state index contributed by atoms with van der Waals surface area (Å²) in [7, 11) is 0. The first-order valence-corrected chi connectivity index (χ1v) is 7.93. The van der Waals surface area contributed by atoms with Gasteiger partial charge in [-0.15, -0.1) is 21.5 Å². The highest BCUT2D eigenvalue weighted by atomic mass is 32.2. The second-order valence-electron chi connectivity index (χ2n) is 3.99. The number of aromatic nitrogens is 3. The highest BCUT2D eigenvalue weighted by Gasteiger charge is 2.04. The number of hydrogen-bond donors (Lipinski definition) is 0. The van der Waals surface area contributed by atoms with E-state index in [9.17, 15) is 0 Å². The molecule has 0 bridgehead atoms. The zero-order valence-corrected chi connectivity index (χ0v) is 12.2. The fourth-order valence-electron chi connectivity index (χ4n) is 1.60. The summed E-state index contributed by atoms with van der Waals surface area (Å²) < 4.78 is 1.70. The van der Waals surface area contributed by atoms with Gasteiger partial charge in [0.2, 0.25) is 5.16 Å². The van der Waals surface area contributed by atoms with E-state index in [1.165, 1.54) is 5.56 Å². The van der Waals surface area contributed by atoms with Crippen LogP contribution < -0.4 is 0 Å². The molecule has 0 saturated carbocycles. The molecule has 100 valence electrons. The first-order valence-electron chi connectivity index (χ1n) is 6.06. The molecule has 0 aliphatic carbocycles. The Morgan fingerprint density at radius 2 is 2.10 bits per heavy atom. The monoisotopic (exact) mass is 300 g/mol. The van der Waals surface area contributed by atoms with E-state index in [1.807, 2.05) is 41.9 Å². The highest BCUT2D eigenvalue weighted by Crippen LogP contribution is 2.20. The summed E-state index contributed by atoms with van der Waals surface area (Å²) in [6.07, 6.45) is 3.44. The van der Waals surface area contributed by atoms with Gasteiger partial charge >= 0.3 is 0 Å². The maximum Gasteiger partial charge on any atom is 0.212 e. The molecule has 20 heavy (non-hydrogen) atoms. The van der Waals surface area contributed by atoms with Gasteiger partial charge < -0.3 is 0 Å². The number of benzene rings is 1. The van der Waals surface area contributed by atoms with Crippen LogP contribution in [0.25, 0.3) is 0 Å². The summed E-state index contributed by atoms with van der Waals surface area (Å²) in [4.78, 5) is 1.11. The summed E-state index contributed by atoms with van der Waals surface area (Å²) in [5.74, 6) is 0.855. The van der Waals surface area contributed by atoms with Crippen molar-refractivity contribution < 1.29 is 0 Å². The Bertz CT molecular complexity index is 674. The molecule has 0 fully saturated rings. The Balaban J connectivity index is 1.67. The van der Waals surface area contributed by atoms with Crippen molar-refractivity contribution in [2.24, 2.45) is 5.10 Å². The molecule has 0 aliphatic heterocycles. The average Bonchev–Trinajstić information content (AvgIpc) is 3.15. The second kappa shape index (κ2) is 6.49. The zero-order valence-electron chi connectivity index (χ0n) is 10.6. The van der Waals surface area contributed by atoms with Gasteiger partial charge in [0, 0.05) is 10.6 Å². The fourth-order valence-corrected chi connectivity index (χ4v) is 3.00. The Hall–Kier alpha value is -1.92. The average molecular weight is 300 g/mol. The summed E-state index contributed by atoms with van der Waals surface area (Å²) in [6, 6.07) is 14.3. The third-order valence-electron chi connectivity index (χ3n) is 2.56. The number of rotatable bonds is 5. The van der Waals surface area contributed by atoms with E-state index in [1.54, 1.807) is 34.1 Å². The van der Waals surface area contributed by atoms with Crippen LogP contribution in [0.4, 0.5) is 0 Å². The molecular formula is C14H12N4S2. The predicted octanol–water partition coefficient (Wildman–Crippen LogP) is 3.51. The first kappa shape index (κ1) is 13.1. The fraction of sp³-hybridized carbons (Fsp3) is 0.0714. The van der Waals surface area contributed by atoms with Crippen LogP contribution >= 0.6 is 23.1 Å². The second-order valence-corrected chi connectivity index (χ2v) is 5.91. The first-order chi connectivity index (χ1) is 9.92. The lowest BCUT2D eigenvalue weighted by atomic mass is 10.2. The van der Waals surface area contributed by atoms with Crippen molar-refractivity contribution in [1.82, 2.24) is 14.9 Å². The molecule has 0 atom stereocenters. The predicted molar refractivity (Wildman–Crippen MR) is 83.3 cm³/mol. The van der Waals surface area contributed by atoms with Gasteiger partial charge in [-0.05, 0) is 17.0 Å². The lowest BCUT2D eigenvalue weighted by Gasteiger charge is -2.00. The quantitative estimate of drug-likeness (QED) is 0.535. The Labute approximate surface area is 125 Å². The maximum atomic E-state index is 4.38. The van der Waals surface area contributed by atoms with E-state index in [-0.39, 0.29) is 0 Å². The van der Waals surface area contributed by atoms with E-state index in [0.29, 0.717) is 0 Å². The minimum Gasteiger partial charge on any atom is -0.195 e. The van der Waals surface area contributed by atoms with Gasteiger partial charge in [0.05, 0.1) is 6.21 Å². The van der Waals surface area contributed by atoms with Gasteiger partial charge in [-0.3, -0.25) is 0 Å². The molecule has 1 aromatic carbocycles. The van der Waals surface area contributed by atoms with Gasteiger partial charge in [0.15, 0.2) is 0 Å². The van der Waals surface area contributed by atoms with Crippen molar-refractivity contribution in [1.29, 1.82) is 0 Å². The third-order valence-corrected chi connectivity index (χ3v) is 4.38. The van der Waals surface area contributed by atoms with E-state index in [0.717, 1.165) is 15.8 Å². The number of hydrogen-bond acceptors (Lipinski definition) is 5. The molecule has 0 amide bonds. The molecule has 4 nitrogen and oxygen atoms in total. The molecule has 0 radical (unpaired) electrons. The minimum atomic E-state index is 0.793. The van der Waals surface area contributed by atoms with Crippen LogP contribution in [-0.4, -0.2) is 21.1 Å². The SMILES string of the molecule is C(=Nn1cnnc1SCc1ccccc1)c1cccs1. The van der Waals surface area contributed by atoms with Crippen LogP contribution in [-0.2, 0) is 5.75 Å². The summed E-state index contributed by atoms with van der Waals surface area (Å²) in [5, 5.41) is 15.2. The molecule has 0 spiro atoms. The van der Waals surface area contributed by atoms with Crippen molar-refractivity contribution in [2.75, 3.05) is 0 Å². The van der Waals surface area contributed by atoms with Gasteiger partial charge in [-0.2, -0.15) is 9.78 Å². The molecule has 0 saturated heterocycles. The largest absolute Gasteiger partial charge is 0.212 e. The summed E-state index contributed by atoms with van der Waals surface area (Å²) >= 11 is 3.27. The molecule has 6 heteroatoms. The number of nitrogens with zero attached hydrogens (tertiary/aromatic N) is 4. The standard InChI is InChI=1S/C14H12N4S2/c1-2-5-12(6-3-1)10-20-14-17-15-11-18(14)16-9-13-7-4-8-19-13/h1-9,11H,10H2. The third kappa shape index (κ3) is 3.34. The van der Waals surface area contributed by atoms with E-state index >= 15 is 0 Å². The van der Waals surface area contributed by atoms with E-state index in [2.05, 4.69) is 27.4 Å². The molecule has 2 heterocycles. The maximum absolute atomic E-state index is 4.38. The number of thioether (sulfide) groups is 1. The Morgan fingerprint density at radius 3 is 2.90 bits per heavy atom. The molecule has 2 aromatic heterocycles. The lowest BCUT2D eigenvalue weighted by molar-refractivity contribution is 0.767. The molecule has 0 aliphatic rings. The molecule has 0 unspecified atom stereocenters. The highest BCUT2D eigenvalue weighted by molar-refractivity contribution is 7.98. The van der Waals surface area contributed by atoms with Crippen LogP contribution in [0.3, 0.4) is 0 Å². The van der Waals surface area contributed by atoms with Crippen molar-refractivity contribution in [3.05, 3.63) is 64.6 Å². The normalized spacial score (nSPS) is 11.2. The Kier molecular flexibility index (Phi) is 4.25. The summed E-state index contributed by atoms with van der Waals surface area (Å²) in [6.45, 7) is 0. The van der Waals surface area contributed by atoms with Crippen LogP contribution in [0.15, 0.2) is 64.4 Å². The van der Waals surface area contributed by atoms with Crippen molar-refractivity contribution in [3.63, 3.8) is 0 Å². The zero-order chi connectivity index (χ0) is 13.6. The van der Waals surface area contributed by atoms with E-state index in [4.69, 9.17) is 0 Å². The summed E-state index contributed by atoms with van der Waals surface area (Å²) in [5.41, 5.74) is 1.26. The van der Waals surface area contributed by atoms with Gasteiger partial charge in [-0.1, -0.05) is 48.2 Å². The van der Waals surface area contributed by atoms with Gasteiger partial charge in [0.1, 0.15) is 6.33 Å².